The Kier molecular flexibility index (Phi) is 2.76. The molecule has 2 aromatic heterocycles. The van der Waals surface area contributed by atoms with Gasteiger partial charge in [-0.25, -0.2) is 4.98 Å². The number of aromatic nitrogens is 2. The molecule has 3 aromatic rings. The summed E-state index contributed by atoms with van der Waals surface area (Å²) in [6.07, 6.45) is 3.63. The number of hydrogen-bond acceptors (Lipinski definition) is 2. The van der Waals surface area contributed by atoms with Crippen molar-refractivity contribution in [1.82, 2.24) is 9.55 Å². The van der Waals surface area contributed by atoms with Crippen molar-refractivity contribution in [2.75, 3.05) is 5.32 Å². The van der Waals surface area contributed by atoms with Gasteiger partial charge in [-0.2, -0.15) is 0 Å². The fourth-order valence-electron chi connectivity index (χ4n) is 2.05. The minimum atomic E-state index is -0.149. The van der Waals surface area contributed by atoms with Crippen molar-refractivity contribution in [2.24, 2.45) is 7.05 Å². The normalized spacial score (nSPS) is 10.6. The molecule has 0 spiro atoms. The van der Waals surface area contributed by atoms with E-state index < -0.39 is 0 Å². The molecule has 4 nitrogen and oxygen atoms in total. The van der Waals surface area contributed by atoms with Crippen molar-refractivity contribution in [3.05, 3.63) is 60.4 Å². The van der Waals surface area contributed by atoms with Crippen LogP contribution in [-0.4, -0.2) is 15.5 Å². The number of aryl methyl sites for hydroxylation is 1. The predicted octanol–water partition coefficient (Wildman–Crippen LogP) is 2.83. The Labute approximate surface area is 110 Å². The first kappa shape index (κ1) is 11.5. The number of nitrogens with zero attached hydrogens (tertiary/aromatic N) is 2. The summed E-state index contributed by atoms with van der Waals surface area (Å²) in [6, 6.07) is 13.1. The number of amides is 1. The summed E-state index contributed by atoms with van der Waals surface area (Å²) < 4.78 is 2.02. The highest BCUT2D eigenvalue weighted by atomic mass is 16.1. The van der Waals surface area contributed by atoms with Crippen molar-refractivity contribution in [3.8, 4) is 0 Å². The number of carbonyl (C=O) groups is 1. The summed E-state index contributed by atoms with van der Waals surface area (Å²) in [5.41, 5.74) is 1.73. The third-order valence-corrected chi connectivity index (χ3v) is 3.05. The number of anilines is 1. The van der Waals surface area contributed by atoms with Crippen LogP contribution in [0.3, 0.4) is 0 Å². The smallest absolute Gasteiger partial charge is 0.256 e. The molecule has 19 heavy (non-hydrogen) atoms. The zero-order chi connectivity index (χ0) is 13.2. The van der Waals surface area contributed by atoms with Crippen LogP contribution >= 0.6 is 0 Å². The monoisotopic (exact) mass is 251 g/mol. The van der Waals surface area contributed by atoms with Gasteiger partial charge >= 0.3 is 0 Å². The number of benzene rings is 1. The Morgan fingerprint density at radius 2 is 2.11 bits per heavy atom. The Bertz CT molecular complexity index is 731. The Morgan fingerprint density at radius 1 is 1.21 bits per heavy atom. The molecular formula is C15H13N3O. The van der Waals surface area contributed by atoms with Gasteiger partial charge in [0.25, 0.3) is 5.91 Å². The third kappa shape index (κ3) is 2.20. The molecule has 0 fully saturated rings. The number of hydrogen-bond donors (Lipinski definition) is 1. The lowest BCUT2D eigenvalue weighted by atomic mass is 10.1. The first-order valence-corrected chi connectivity index (χ1v) is 6.01. The van der Waals surface area contributed by atoms with Gasteiger partial charge in [0, 0.05) is 35.9 Å². The average Bonchev–Trinajstić information content (AvgIpc) is 2.81. The summed E-state index contributed by atoms with van der Waals surface area (Å²) in [6.45, 7) is 0. The van der Waals surface area contributed by atoms with Gasteiger partial charge in [0.05, 0.1) is 0 Å². The van der Waals surface area contributed by atoms with Crippen LogP contribution in [0.4, 0.5) is 5.82 Å². The molecule has 1 amide bonds. The van der Waals surface area contributed by atoms with E-state index in [9.17, 15) is 4.79 Å². The highest BCUT2D eigenvalue weighted by molar-refractivity contribution is 6.05. The topological polar surface area (TPSA) is 46.9 Å². The SMILES string of the molecule is Cn1ccc2cc(C(=O)Nc3ccccn3)ccc21. The molecule has 4 heteroatoms. The molecular weight excluding hydrogens is 238 g/mol. The van der Waals surface area contributed by atoms with Crippen LogP contribution in [0.25, 0.3) is 10.9 Å². The minimum absolute atomic E-state index is 0.149. The standard InChI is InChI=1S/C15H13N3O/c1-18-9-7-11-10-12(5-6-13(11)18)15(19)17-14-4-2-3-8-16-14/h2-10H,1H3,(H,16,17,19). The molecule has 0 aliphatic heterocycles. The van der Waals surface area contributed by atoms with Crippen molar-refractivity contribution in [3.63, 3.8) is 0 Å². The predicted molar refractivity (Wildman–Crippen MR) is 75.1 cm³/mol. The Hall–Kier alpha value is -2.62. The van der Waals surface area contributed by atoms with Gasteiger partial charge in [-0.05, 0) is 36.4 Å². The van der Waals surface area contributed by atoms with Crippen LogP contribution < -0.4 is 5.32 Å². The van der Waals surface area contributed by atoms with E-state index in [0.717, 1.165) is 10.9 Å². The number of pyridine rings is 1. The molecule has 1 aromatic carbocycles. The third-order valence-electron chi connectivity index (χ3n) is 3.05. The van der Waals surface area contributed by atoms with Gasteiger partial charge in [0.15, 0.2) is 0 Å². The van der Waals surface area contributed by atoms with Crippen LogP contribution in [0.15, 0.2) is 54.9 Å². The first-order valence-electron chi connectivity index (χ1n) is 6.01. The van der Waals surface area contributed by atoms with E-state index in [-0.39, 0.29) is 5.91 Å². The molecule has 0 saturated carbocycles. The number of fused-ring (bicyclic) bond motifs is 1. The molecule has 0 bridgehead atoms. The van der Waals surface area contributed by atoms with Gasteiger partial charge in [0.1, 0.15) is 5.82 Å². The summed E-state index contributed by atoms with van der Waals surface area (Å²) in [5.74, 6) is 0.408. The molecule has 1 N–H and O–H groups in total. The van der Waals surface area contributed by atoms with E-state index in [4.69, 9.17) is 0 Å². The number of carbonyl (C=O) groups excluding carboxylic acids is 1. The van der Waals surface area contributed by atoms with Crippen molar-refractivity contribution in [1.29, 1.82) is 0 Å². The Morgan fingerprint density at radius 3 is 2.89 bits per heavy atom. The fraction of sp³-hybridized carbons (Fsp3) is 0.0667. The van der Waals surface area contributed by atoms with Crippen LogP contribution in [0.1, 0.15) is 10.4 Å². The highest BCUT2D eigenvalue weighted by Crippen LogP contribution is 2.17. The molecule has 0 aliphatic carbocycles. The van der Waals surface area contributed by atoms with E-state index in [1.54, 1.807) is 12.3 Å². The summed E-state index contributed by atoms with van der Waals surface area (Å²) >= 11 is 0. The highest BCUT2D eigenvalue weighted by Gasteiger charge is 2.08. The lowest BCUT2D eigenvalue weighted by Gasteiger charge is -2.04. The van der Waals surface area contributed by atoms with Crippen molar-refractivity contribution >= 4 is 22.6 Å². The van der Waals surface area contributed by atoms with E-state index in [0.29, 0.717) is 11.4 Å². The maximum atomic E-state index is 12.1. The maximum Gasteiger partial charge on any atom is 0.256 e. The van der Waals surface area contributed by atoms with Crippen LogP contribution in [-0.2, 0) is 7.05 Å². The molecule has 0 atom stereocenters. The first-order chi connectivity index (χ1) is 9.24. The van der Waals surface area contributed by atoms with Gasteiger partial charge in [-0.15, -0.1) is 0 Å². The van der Waals surface area contributed by atoms with E-state index >= 15 is 0 Å². The van der Waals surface area contributed by atoms with Crippen LogP contribution in [0.5, 0.6) is 0 Å². The molecule has 0 aliphatic rings. The van der Waals surface area contributed by atoms with E-state index in [1.807, 2.05) is 54.2 Å². The van der Waals surface area contributed by atoms with Gasteiger partial charge in [0.2, 0.25) is 0 Å². The zero-order valence-corrected chi connectivity index (χ0v) is 10.5. The zero-order valence-electron chi connectivity index (χ0n) is 10.5. The molecule has 0 saturated heterocycles. The summed E-state index contributed by atoms with van der Waals surface area (Å²) in [4.78, 5) is 16.2. The minimum Gasteiger partial charge on any atom is -0.351 e. The lowest BCUT2D eigenvalue weighted by molar-refractivity contribution is 0.102. The summed E-state index contributed by atoms with van der Waals surface area (Å²) in [7, 11) is 1.98. The molecule has 3 rings (SSSR count). The maximum absolute atomic E-state index is 12.1. The number of rotatable bonds is 2. The molecule has 0 radical (unpaired) electrons. The largest absolute Gasteiger partial charge is 0.351 e. The van der Waals surface area contributed by atoms with Gasteiger partial charge in [-0.3, -0.25) is 4.79 Å². The fourth-order valence-corrected chi connectivity index (χ4v) is 2.05. The summed E-state index contributed by atoms with van der Waals surface area (Å²) in [5, 5.41) is 3.82. The second kappa shape index (κ2) is 4.57. The molecule has 0 unspecified atom stereocenters. The van der Waals surface area contributed by atoms with Crippen molar-refractivity contribution in [2.45, 2.75) is 0 Å². The second-order valence-electron chi connectivity index (χ2n) is 4.37. The van der Waals surface area contributed by atoms with E-state index in [1.165, 1.54) is 0 Å². The lowest BCUT2D eigenvalue weighted by Crippen LogP contribution is -2.12. The number of nitrogens with one attached hydrogen (secondary N) is 1. The van der Waals surface area contributed by atoms with Crippen LogP contribution in [0, 0.1) is 0 Å². The quantitative estimate of drug-likeness (QED) is 0.761. The van der Waals surface area contributed by atoms with Crippen LogP contribution in [0.2, 0.25) is 0 Å². The van der Waals surface area contributed by atoms with Gasteiger partial charge < -0.3 is 9.88 Å². The second-order valence-corrected chi connectivity index (χ2v) is 4.37. The van der Waals surface area contributed by atoms with Crippen molar-refractivity contribution < 1.29 is 4.79 Å². The molecule has 94 valence electrons. The average molecular weight is 251 g/mol. The van der Waals surface area contributed by atoms with E-state index in [2.05, 4.69) is 10.3 Å². The molecule has 2 heterocycles. The Balaban J connectivity index is 1.89. The van der Waals surface area contributed by atoms with Gasteiger partial charge in [-0.1, -0.05) is 6.07 Å².